The fraction of sp³-hybridized carbons (Fsp3) is 0.350. The van der Waals surface area contributed by atoms with E-state index in [-0.39, 0.29) is 18.1 Å². The number of hydrogen-bond donors (Lipinski definition) is 1. The van der Waals surface area contributed by atoms with Gasteiger partial charge in [-0.25, -0.2) is 0 Å². The number of nitrogens with zero attached hydrogens (tertiary/aromatic N) is 3. The minimum absolute atomic E-state index is 0.0306. The molecular weight excluding hydrogens is 376 g/mol. The average Bonchev–Trinajstić information content (AvgIpc) is 2.71. The number of rotatable bonds is 6. The van der Waals surface area contributed by atoms with Gasteiger partial charge in [-0.3, -0.25) is 14.5 Å². The van der Waals surface area contributed by atoms with Crippen LogP contribution in [-0.4, -0.2) is 34.4 Å². The van der Waals surface area contributed by atoms with Gasteiger partial charge in [0.15, 0.2) is 11.9 Å². The summed E-state index contributed by atoms with van der Waals surface area (Å²) >= 11 is 0. The van der Waals surface area contributed by atoms with E-state index in [2.05, 4.69) is 10.3 Å². The quantitative estimate of drug-likeness (QED) is 0.591. The van der Waals surface area contributed by atoms with Crippen molar-refractivity contribution in [3.63, 3.8) is 0 Å². The van der Waals surface area contributed by atoms with Crippen LogP contribution in [0.1, 0.15) is 31.9 Å². The highest BCUT2D eigenvalue weighted by Gasteiger charge is 2.37. The number of para-hydroxylation sites is 1. The first-order chi connectivity index (χ1) is 13.8. The topological polar surface area (TPSA) is 115 Å². The van der Waals surface area contributed by atoms with Gasteiger partial charge in [-0.05, 0) is 46.9 Å². The van der Waals surface area contributed by atoms with Crippen LogP contribution in [0, 0.1) is 10.1 Å². The average molecular weight is 398 g/mol. The maximum atomic E-state index is 12.8. The number of carbonyl (C=O) groups is 2. The maximum absolute atomic E-state index is 12.8. The third-order valence-electron chi connectivity index (χ3n) is 4.75. The molecule has 2 amide bonds. The standard InChI is InChI=1S/C20H22N4O5/c1-4-13-7-6-8-14(5-2)18(13)22-17(25)11-23-19-15(29-12(3)20(23)26)9-10-16(21-19)24(27)28/h6-10,12H,4-5,11H2,1-3H3,(H,22,25). The van der Waals surface area contributed by atoms with Crippen LogP contribution < -0.4 is 15.0 Å². The second-order valence-electron chi connectivity index (χ2n) is 6.64. The highest BCUT2D eigenvalue weighted by Crippen LogP contribution is 2.34. The first-order valence-corrected chi connectivity index (χ1v) is 9.39. The lowest BCUT2D eigenvalue weighted by molar-refractivity contribution is -0.389. The molecule has 0 saturated carbocycles. The van der Waals surface area contributed by atoms with Crippen molar-refractivity contribution in [2.24, 2.45) is 0 Å². The first-order valence-electron chi connectivity index (χ1n) is 9.39. The van der Waals surface area contributed by atoms with E-state index in [1.165, 1.54) is 12.1 Å². The molecule has 0 aliphatic carbocycles. The van der Waals surface area contributed by atoms with E-state index in [0.717, 1.165) is 34.6 Å². The van der Waals surface area contributed by atoms with Crippen molar-refractivity contribution >= 4 is 29.1 Å². The molecule has 0 fully saturated rings. The number of carbonyl (C=O) groups excluding carboxylic acids is 2. The van der Waals surface area contributed by atoms with Crippen LogP contribution in [0.15, 0.2) is 30.3 Å². The molecule has 1 aliphatic rings. The van der Waals surface area contributed by atoms with E-state index < -0.39 is 28.7 Å². The van der Waals surface area contributed by atoms with Gasteiger partial charge < -0.3 is 20.2 Å². The number of nitro groups is 1. The van der Waals surface area contributed by atoms with Crippen LogP contribution in [0.2, 0.25) is 0 Å². The number of pyridine rings is 1. The number of aryl methyl sites for hydroxylation is 2. The molecule has 2 heterocycles. The number of benzene rings is 1. The summed E-state index contributed by atoms with van der Waals surface area (Å²) in [4.78, 5) is 40.8. The van der Waals surface area contributed by atoms with E-state index in [4.69, 9.17) is 4.74 Å². The zero-order valence-corrected chi connectivity index (χ0v) is 16.5. The van der Waals surface area contributed by atoms with E-state index in [0.29, 0.717) is 0 Å². The second-order valence-corrected chi connectivity index (χ2v) is 6.64. The van der Waals surface area contributed by atoms with Crippen molar-refractivity contribution in [1.29, 1.82) is 0 Å². The molecule has 0 radical (unpaired) electrons. The summed E-state index contributed by atoms with van der Waals surface area (Å²) in [7, 11) is 0. The molecule has 9 heteroatoms. The Morgan fingerprint density at radius 2 is 1.90 bits per heavy atom. The van der Waals surface area contributed by atoms with E-state index in [1.54, 1.807) is 6.92 Å². The smallest absolute Gasteiger partial charge is 0.366 e. The molecule has 1 aromatic heterocycles. The molecule has 3 rings (SSSR count). The SMILES string of the molecule is CCc1cccc(CC)c1NC(=O)CN1C(=O)C(C)Oc2ccc([N+](=O)[O-])nc21. The molecule has 0 saturated heterocycles. The van der Waals surface area contributed by atoms with Crippen molar-refractivity contribution in [1.82, 2.24) is 4.98 Å². The summed E-state index contributed by atoms with van der Waals surface area (Å²) < 4.78 is 5.47. The predicted octanol–water partition coefficient (Wildman–Crippen LogP) is 2.87. The highest BCUT2D eigenvalue weighted by molar-refractivity contribution is 6.05. The monoisotopic (exact) mass is 398 g/mol. The van der Waals surface area contributed by atoms with Crippen LogP contribution in [0.3, 0.4) is 0 Å². The number of ether oxygens (including phenoxy) is 1. The van der Waals surface area contributed by atoms with Gasteiger partial charge in [0.2, 0.25) is 5.91 Å². The summed E-state index contributed by atoms with van der Waals surface area (Å²) in [5.41, 5.74) is 2.73. The second kappa shape index (κ2) is 8.26. The summed E-state index contributed by atoms with van der Waals surface area (Å²) in [5, 5.41) is 14.0. The minimum atomic E-state index is -0.826. The van der Waals surface area contributed by atoms with Crippen molar-refractivity contribution in [3.8, 4) is 5.75 Å². The Bertz CT molecular complexity index is 953. The van der Waals surface area contributed by atoms with Crippen LogP contribution >= 0.6 is 0 Å². The van der Waals surface area contributed by atoms with Gasteiger partial charge in [-0.1, -0.05) is 32.0 Å². The van der Waals surface area contributed by atoms with Gasteiger partial charge in [0.05, 0.1) is 0 Å². The van der Waals surface area contributed by atoms with Gasteiger partial charge in [0, 0.05) is 11.8 Å². The zero-order chi connectivity index (χ0) is 21.1. The fourth-order valence-electron chi connectivity index (χ4n) is 3.26. The summed E-state index contributed by atoms with van der Waals surface area (Å²) in [6.45, 7) is 5.22. The summed E-state index contributed by atoms with van der Waals surface area (Å²) in [5.74, 6) is -1.14. The number of amides is 2. The van der Waals surface area contributed by atoms with Crippen molar-refractivity contribution in [3.05, 3.63) is 51.6 Å². The molecule has 1 aromatic carbocycles. The number of anilines is 2. The highest BCUT2D eigenvalue weighted by atomic mass is 16.6. The lowest BCUT2D eigenvalue weighted by atomic mass is 10.0. The van der Waals surface area contributed by atoms with Crippen LogP contribution in [0.5, 0.6) is 5.75 Å². The molecule has 0 bridgehead atoms. The molecule has 9 nitrogen and oxygen atoms in total. The summed E-state index contributed by atoms with van der Waals surface area (Å²) in [6.07, 6.45) is 0.661. The normalized spacial score (nSPS) is 15.5. The van der Waals surface area contributed by atoms with Gasteiger partial charge in [0.1, 0.15) is 6.54 Å². The Balaban J connectivity index is 1.90. The molecule has 1 unspecified atom stereocenters. The number of aromatic nitrogens is 1. The van der Waals surface area contributed by atoms with Crippen LogP contribution in [0.4, 0.5) is 17.3 Å². The van der Waals surface area contributed by atoms with E-state index in [1.807, 2.05) is 32.0 Å². The maximum Gasteiger partial charge on any atom is 0.366 e. The van der Waals surface area contributed by atoms with E-state index in [9.17, 15) is 19.7 Å². The lowest BCUT2D eigenvalue weighted by Gasteiger charge is -2.29. The Labute approximate surface area is 167 Å². The van der Waals surface area contributed by atoms with E-state index >= 15 is 0 Å². The Kier molecular flexibility index (Phi) is 5.76. The molecule has 29 heavy (non-hydrogen) atoms. The number of hydrogen-bond acceptors (Lipinski definition) is 6. The van der Waals surface area contributed by atoms with Gasteiger partial charge in [0.25, 0.3) is 11.7 Å². The van der Waals surface area contributed by atoms with Gasteiger partial charge in [-0.15, -0.1) is 0 Å². The van der Waals surface area contributed by atoms with Gasteiger partial charge >= 0.3 is 5.82 Å². The Morgan fingerprint density at radius 1 is 1.24 bits per heavy atom. The fourth-order valence-corrected chi connectivity index (χ4v) is 3.26. The van der Waals surface area contributed by atoms with Gasteiger partial charge in [-0.2, -0.15) is 0 Å². The van der Waals surface area contributed by atoms with Crippen molar-refractivity contribution in [2.75, 3.05) is 16.8 Å². The molecule has 1 atom stereocenters. The zero-order valence-electron chi connectivity index (χ0n) is 16.5. The largest absolute Gasteiger partial charge is 0.475 e. The van der Waals surface area contributed by atoms with Crippen LogP contribution in [0.25, 0.3) is 0 Å². The van der Waals surface area contributed by atoms with Crippen molar-refractivity contribution < 1.29 is 19.2 Å². The molecule has 1 N–H and O–H groups in total. The first kappa shape index (κ1) is 20.2. The molecule has 1 aliphatic heterocycles. The van der Waals surface area contributed by atoms with Crippen LogP contribution in [-0.2, 0) is 22.4 Å². The predicted molar refractivity (Wildman–Crippen MR) is 107 cm³/mol. The molecule has 152 valence electrons. The third-order valence-corrected chi connectivity index (χ3v) is 4.75. The number of fused-ring (bicyclic) bond motifs is 1. The molecular formula is C20H22N4O5. The molecule has 2 aromatic rings. The lowest BCUT2D eigenvalue weighted by Crippen LogP contribution is -2.48. The van der Waals surface area contributed by atoms with Crippen molar-refractivity contribution in [2.45, 2.75) is 39.7 Å². The third kappa shape index (κ3) is 4.03. The number of nitrogens with one attached hydrogen (secondary N) is 1. The Morgan fingerprint density at radius 3 is 2.48 bits per heavy atom. The minimum Gasteiger partial charge on any atom is -0.475 e. The summed E-state index contributed by atoms with van der Waals surface area (Å²) in [6, 6.07) is 8.41. The Hall–Kier alpha value is -3.49. The molecule has 0 spiro atoms.